The Balaban J connectivity index is 4.38. The SMILES string of the molecule is CN(C(=O)O)C(C#N)CC(C)(C)C. The third-order valence-electron chi connectivity index (χ3n) is 1.72. The molecule has 74 valence electrons. The van der Waals surface area contributed by atoms with Gasteiger partial charge in [-0.25, -0.2) is 4.79 Å². The van der Waals surface area contributed by atoms with E-state index in [1.807, 2.05) is 26.8 Å². The first-order valence-electron chi connectivity index (χ1n) is 4.13. The molecule has 1 atom stereocenters. The second-order valence-corrected chi connectivity index (χ2v) is 4.30. The summed E-state index contributed by atoms with van der Waals surface area (Å²) in [6, 6.07) is 1.43. The van der Waals surface area contributed by atoms with E-state index >= 15 is 0 Å². The summed E-state index contributed by atoms with van der Waals surface area (Å²) in [6.45, 7) is 5.94. The maximum Gasteiger partial charge on any atom is 0.408 e. The molecular formula is C9H16N2O2. The molecule has 1 N–H and O–H groups in total. The fourth-order valence-corrected chi connectivity index (χ4v) is 0.983. The molecule has 1 amide bonds. The van der Waals surface area contributed by atoms with Crippen molar-refractivity contribution in [2.75, 3.05) is 7.05 Å². The summed E-state index contributed by atoms with van der Waals surface area (Å²) < 4.78 is 0. The van der Waals surface area contributed by atoms with E-state index in [9.17, 15) is 4.79 Å². The van der Waals surface area contributed by atoms with Gasteiger partial charge in [-0.3, -0.25) is 4.90 Å². The van der Waals surface area contributed by atoms with Crippen LogP contribution in [0, 0.1) is 16.7 Å². The zero-order valence-electron chi connectivity index (χ0n) is 8.53. The lowest BCUT2D eigenvalue weighted by molar-refractivity contribution is 0.137. The summed E-state index contributed by atoms with van der Waals surface area (Å²) in [4.78, 5) is 11.6. The van der Waals surface area contributed by atoms with Gasteiger partial charge in [-0.15, -0.1) is 0 Å². The summed E-state index contributed by atoms with van der Waals surface area (Å²) in [5.41, 5.74) is -0.0376. The van der Waals surface area contributed by atoms with Crippen molar-refractivity contribution in [1.82, 2.24) is 4.90 Å². The van der Waals surface area contributed by atoms with E-state index in [1.54, 1.807) is 0 Å². The standard InChI is InChI=1S/C9H16N2O2/c1-9(2,3)5-7(6-10)11(4)8(12)13/h7H,5H2,1-4H3,(H,12,13). The summed E-state index contributed by atoms with van der Waals surface area (Å²) in [5.74, 6) is 0. The molecule has 0 aromatic rings. The topological polar surface area (TPSA) is 64.3 Å². The molecule has 0 fully saturated rings. The zero-order valence-corrected chi connectivity index (χ0v) is 8.53. The molecule has 0 aliphatic rings. The molecule has 0 aliphatic carbocycles. The molecule has 13 heavy (non-hydrogen) atoms. The van der Waals surface area contributed by atoms with Crippen molar-refractivity contribution in [2.45, 2.75) is 33.2 Å². The van der Waals surface area contributed by atoms with Crippen LogP contribution in [0.5, 0.6) is 0 Å². The van der Waals surface area contributed by atoms with Gasteiger partial charge in [0.25, 0.3) is 0 Å². The minimum absolute atomic E-state index is 0.0376. The fourth-order valence-electron chi connectivity index (χ4n) is 0.983. The number of amides is 1. The normalized spacial score (nSPS) is 13.2. The molecule has 0 bridgehead atoms. The lowest BCUT2D eigenvalue weighted by Crippen LogP contribution is -2.37. The summed E-state index contributed by atoms with van der Waals surface area (Å²) in [6.07, 6.45) is -0.512. The molecule has 0 aromatic carbocycles. The third-order valence-corrected chi connectivity index (χ3v) is 1.72. The van der Waals surface area contributed by atoms with E-state index in [1.165, 1.54) is 7.05 Å². The van der Waals surface area contributed by atoms with Crippen LogP contribution < -0.4 is 0 Å². The highest BCUT2D eigenvalue weighted by atomic mass is 16.4. The molecule has 0 rings (SSSR count). The van der Waals surface area contributed by atoms with E-state index in [-0.39, 0.29) is 5.41 Å². The Labute approximate surface area is 78.8 Å². The van der Waals surface area contributed by atoms with Gasteiger partial charge in [0.2, 0.25) is 0 Å². The Kier molecular flexibility index (Phi) is 3.73. The molecule has 0 aliphatic heterocycles. The van der Waals surface area contributed by atoms with Crippen LogP contribution in [0.1, 0.15) is 27.2 Å². The molecule has 0 saturated carbocycles. The van der Waals surface area contributed by atoms with E-state index in [0.717, 1.165) is 4.90 Å². The minimum Gasteiger partial charge on any atom is -0.465 e. The van der Waals surface area contributed by atoms with E-state index in [0.29, 0.717) is 6.42 Å². The fraction of sp³-hybridized carbons (Fsp3) is 0.778. The lowest BCUT2D eigenvalue weighted by atomic mass is 9.88. The largest absolute Gasteiger partial charge is 0.465 e. The number of nitrogens with zero attached hydrogens (tertiary/aromatic N) is 2. The highest BCUT2D eigenvalue weighted by Crippen LogP contribution is 2.22. The van der Waals surface area contributed by atoms with E-state index < -0.39 is 12.1 Å². The van der Waals surface area contributed by atoms with E-state index in [2.05, 4.69) is 0 Å². The molecular weight excluding hydrogens is 168 g/mol. The van der Waals surface area contributed by atoms with Gasteiger partial charge >= 0.3 is 6.09 Å². The Bertz CT molecular complexity index is 225. The summed E-state index contributed by atoms with van der Waals surface area (Å²) in [5, 5.41) is 17.4. The van der Waals surface area contributed by atoms with Crippen LogP contribution in [0.25, 0.3) is 0 Å². The Hall–Kier alpha value is -1.24. The molecule has 4 nitrogen and oxygen atoms in total. The molecule has 1 unspecified atom stereocenters. The van der Waals surface area contributed by atoms with Crippen LogP contribution in [0.15, 0.2) is 0 Å². The number of carbonyl (C=O) groups is 1. The predicted octanol–water partition coefficient (Wildman–Crippen LogP) is 1.92. The maximum absolute atomic E-state index is 10.6. The first-order chi connectivity index (χ1) is 5.78. The van der Waals surface area contributed by atoms with Gasteiger partial charge in [-0.05, 0) is 11.8 Å². The van der Waals surface area contributed by atoms with Crippen LogP contribution in [-0.2, 0) is 0 Å². The van der Waals surface area contributed by atoms with Gasteiger partial charge in [0.15, 0.2) is 0 Å². The quantitative estimate of drug-likeness (QED) is 0.713. The average molecular weight is 184 g/mol. The van der Waals surface area contributed by atoms with Crippen molar-refractivity contribution in [1.29, 1.82) is 5.26 Å². The van der Waals surface area contributed by atoms with Crippen molar-refractivity contribution < 1.29 is 9.90 Å². The second-order valence-electron chi connectivity index (χ2n) is 4.30. The van der Waals surface area contributed by atoms with Crippen LogP contribution >= 0.6 is 0 Å². The van der Waals surface area contributed by atoms with Crippen LogP contribution in [-0.4, -0.2) is 29.2 Å². The molecule has 0 heterocycles. The number of nitriles is 1. The summed E-state index contributed by atoms with van der Waals surface area (Å²) >= 11 is 0. The first-order valence-corrected chi connectivity index (χ1v) is 4.13. The van der Waals surface area contributed by atoms with Crippen molar-refractivity contribution in [3.8, 4) is 6.07 Å². The average Bonchev–Trinajstić information content (AvgIpc) is 1.97. The van der Waals surface area contributed by atoms with Crippen LogP contribution in [0.2, 0.25) is 0 Å². The second kappa shape index (κ2) is 4.13. The van der Waals surface area contributed by atoms with Gasteiger partial charge in [-0.1, -0.05) is 20.8 Å². The van der Waals surface area contributed by atoms with Crippen molar-refractivity contribution in [3.05, 3.63) is 0 Å². The van der Waals surface area contributed by atoms with Gasteiger partial charge in [0, 0.05) is 7.05 Å². The van der Waals surface area contributed by atoms with Gasteiger partial charge in [-0.2, -0.15) is 5.26 Å². The Morgan fingerprint density at radius 3 is 2.31 bits per heavy atom. The predicted molar refractivity (Wildman–Crippen MR) is 49.3 cm³/mol. The van der Waals surface area contributed by atoms with Crippen molar-refractivity contribution >= 4 is 6.09 Å². The number of hydrogen-bond donors (Lipinski definition) is 1. The number of rotatable bonds is 2. The van der Waals surface area contributed by atoms with Crippen LogP contribution in [0.4, 0.5) is 4.79 Å². The van der Waals surface area contributed by atoms with Crippen LogP contribution in [0.3, 0.4) is 0 Å². The monoisotopic (exact) mass is 184 g/mol. The van der Waals surface area contributed by atoms with Crippen molar-refractivity contribution in [2.24, 2.45) is 5.41 Å². The number of hydrogen-bond acceptors (Lipinski definition) is 2. The van der Waals surface area contributed by atoms with Crippen molar-refractivity contribution in [3.63, 3.8) is 0 Å². The first kappa shape index (κ1) is 11.8. The van der Waals surface area contributed by atoms with Gasteiger partial charge in [0.1, 0.15) is 6.04 Å². The van der Waals surface area contributed by atoms with Gasteiger partial charge < -0.3 is 5.11 Å². The lowest BCUT2D eigenvalue weighted by Gasteiger charge is -2.26. The van der Waals surface area contributed by atoms with E-state index in [4.69, 9.17) is 10.4 Å². The smallest absolute Gasteiger partial charge is 0.408 e. The molecule has 0 radical (unpaired) electrons. The highest BCUT2D eigenvalue weighted by molar-refractivity contribution is 5.65. The zero-order chi connectivity index (χ0) is 10.6. The molecule has 0 saturated heterocycles. The summed E-state index contributed by atoms with van der Waals surface area (Å²) in [7, 11) is 1.42. The highest BCUT2D eigenvalue weighted by Gasteiger charge is 2.24. The molecule has 4 heteroatoms. The molecule has 0 spiro atoms. The minimum atomic E-state index is -1.06. The Morgan fingerprint density at radius 1 is 1.62 bits per heavy atom. The number of carboxylic acid groups (broad SMARTS) is 1. The maximum atomic E-state index is 10.6. The third kappa shape index (κ3) is 4.36. The Morgan fingerprint density at radius 2 is 2.08 bits per heavy atom. The van der Waals surface area contributed by atoms with Gasteiger partial charge in [0.05, 0.1) is 6.07 Å². The molecule has 0 aromatic heterocycles.